The van der Waals surface area contributed by atoms with Crippen molar-refractivity contribution in [3.63, 3.8) is 0 Å². The fourth-order valence-electron chi connectivity index (χ4n) is 3.60. The smallest absolute Gasteiger partial charge is 0.434 e. The Balaban J connectivity index is 2.11. The SMILES string of the molecule is N#Cc1c(C(N)=O)c2n(c1C1CCOCC1)CCNC2OC(=O)C(F)(F)F. The van der Waals surface area contributed by atoms with E-state index in [1.807, 2.05) is 6.07 Å². The van der Waals surface area contributed by atoms with Gasteiger partial charge in [0.15, 0.2) is 6.23 Å². The number of halogens is 3. The van der Waals surface area contributed by atoms with Gasteiger partial charge >= 0.3 is 12.1 Å². The van der Waals surface area contributed by atoms with Crippen LogP contribution in [0, 0.1) is 11.3 Å². The van der Waals surface area contributed by atoms with Gasteiger partial charge in [-0.1, -0.05) is 0 Å². The molecule has 0 aliphatic carbocycles. The number of nitrogens with two attached hydrogens (primary N) is 1. The van der Waals surface area contributed by atoms with Crippen LogP contribution in [0.4, 0.5) is 13.2 Å². The highest BCUT2D eigenvalue weighted by Gasteiger charge is 2.45. The summed E-state index contributed by atoms with van der Waals surface area (Å²) in [4.78, 5) is 23.3. The molecule has 1 amide bonds. The monoisotopic (exact) mass is 386 g/mol. The molecule has 8 nitrogen and oxygen atoms in total. The van der Waals surface area contributed by atoms with Gasteiger partial charge in [-0.3, -0.25) is 10.1 Å². The summed E-state index contributed by atoms with van der Waals surface area (Å²) in [5.74, 6) is -3.47. The van der Waals surface area contributed by atoms with E-state index in [2.05, 4.69) is 10.1 Å². The van der Waals surface area contributed by atoms with Crippen molar-refractivity contribution < 1.29 is 32.2 Å². The summed E-state index contributed by atoms with van der Waals surface area (Å²) >= 11 is 0. The predicted molar refractivity (Wildman–Crippen MR) is 83.3 cm³/mol. The number of carbonyl (C=O) groups is 2. The predicted octanol–water partition coefficient (Wildman–Crippen LogP) is 1.06. The molecule has 0 bridgehead atoms. The molecule has 1 unspecified atom stereocenters. The van der Waals surface area contributed by atoms with Crippen LogP contribution in [0.15, 0.2) is 0 Å². The van der Waals surface area contributed by atoms with E-state index in [4.69, 9.17) is 10.5 Å². The largest absolute Gasteiger partial charge is 0.490 e. The fraction of sp³-hybridized carbons (Fsp3) is 0.562. The molecule has 11 heteroatoms. The number of carbonyl (C=O) groups excluding carboxylic acids is 2. The average Bonchev–Trinajstić information content (AvgIpc) is 2.97. The molecule has 1 aromatic heterocycles. The summed E-state index contributed by atoms with van der Waals surface area (Å²) in [6, 6.07) is 1.95. The van der Waals surface area contributed by atoms with Crippen LogP contribution >= 0.6 is 0 Å². The Kier molecular flexibility index (Phi) is 5.12. The number of amides is 1. The Labute approximate surface area is 152 Å². The Hall–Kier alpha value is -2.58. The number of nitrogens with zero attached hydrogens (tertiary/aromatic N) is 2. The third kappa shape index (κ3) is 3.50. The highest BCUT2D eigenvalue weighted by molar-refractivity contribution is 5.97. The molecule has 2 aliphatic heterocycles. The summed E-state index contributed by atoms with van der Waals surface area (Å²) in [7, 11) is 0. The summed E-state index contributed by atoms with van der Waals surface area (Å²) in [5.41, 5.74) is 5.72. The number of rotatable bonds is 3. The van der Waals surface area contributed by atoms with Gasteiger partial charge in [0.2, 0.25) is 0 Å². The lowest BCUT2D eigenvalue weighted by atomic mass is 9.92. The maximum Gasteiger partial charge on any atom is 0.490 e. The number of ether oxygens (including phenoxy) is 2. The van der Waals surface area contributed by atoms with Gasteiger partial charge in [0.25, 0.3) is 5.91 Å². The lowest BCUT2D eigenvalue weighted by Crippen LogP contribution is -2.40. The van der Waals surface area contributed by atoms with E-state index < -0.39 is 24.3 Å². The number of nitrogens with one attached hydrogen (secondary N) is 1. The van der Waals surface area contributed by atoms with Gasteiger partial charge < -0.3 is 19.8 Å². The van der Waals surface area contributed by atoms with Gasteiger partial charge in [-0.2, -0.15) is 18.4 Å². The van der Waals surface area contributed by atoms with E-state index in [0.29, 0.717) is 38.3 Å². The second-order valence-corrected chi connectivity index (χ2v) is 6.27. The Morgan fingerprint density at radius 1 is 1.30 bits per heavy atom. The van der Waals surface area contributed by atoms with Crippen molar-refractivity contribution in [2.24, 2.45) is 5.73 Å². The summed E-state index contributed by atoms with van der Waals surface area (Å²) < 4.78 is 49.3. The molecule has 1 atom stereocenters. The molecule has 146 valence electrons. The van der Waals surface area contributed by atoms with Crippen molar-refractivity contribution in [2.75, 3.05) is 19.8 Å². The molecule has 0 aromatic carbocycles. The lowest BCUT2D eigenvalue weighted by Gasteiger charge is -2.30. The van der Waals surface area contributed by atoms with E-state index in [-0.39, 0.29) is 29.3 Å². The molecule has 2 aliphatic rings. The topological polar surface area (TPSA) is 119 Å². The Morgan fingerprint density at radius 2 is 1.96 bits per heavy atom. The van der Waals surface area contributed by atoms with Crippen LogP contribution < -0.4 is 11.1 Å². The number of alkyl halides is 3. The van der Waals surface area contributed by atoms with Crippen molar-refractivity contribution >= 4 is 11.9 Å². The zero-order chi connectivity index (χ0) is 19.8. The number of esters is 1. The van der Waals surface area contributed by atoms with Crippen LogP contribution in [0.1, 0.15) is 52.3 Å². The maximum absolute atomic E-state index is 12.6. The molecule has 0 radical (unpaired) electrons. The molecular formula is C16H17F3N4O4. The zero-order valence-corrected chi connectivity index (χ0v) is 14.1. The molecular weight excluding hydrogens is 369 g/mol. The van der Waals surface area contributed by atoms with Crippen molar-refractivity contribution in [2.45, 2.75) is 37.7 Å². The molecule has 3 N–H and O–H groups in total. The normalized spacial score (nSPS) is 20.6. The van der Waals surface area contributed by atoms with Crippen LogP contribution in [-0.4, -0.2) is 42.4 Å². The molecule has 1 aromatic rings. The minimum absolute atomic E-state index is 0.0150. The molecule has 1 fully saturated rings. The maximum atomic E-state index is 12.6. The number of hydrogen-bond donors (Lipinski definition) is 2. The molecule has 3 heterocycles. The number of hydrogen-bond acceptors (Lipinski definition) is 6. The zero-order valence-electron chi connectivity index (χ0n) is 14.1. The first-order valence-electron chi connectivity index (χ1n) is 8.30. The first-order chi connectivity index (χ1) is 12.8. The van der Waals surface area contributed by atoms with Crippen LogP contribution in [0.2, 0.25) is 0 Å². The van der Waals surface area contributed by atoms with Crippen LogP contribution in [-0.2, 0) is 20.8 Å². The van der Waals surface area contributed by atoms with E-state index >= 15 is 0 Å². The van der Waals surface area contributed by atoms with Gasteiger partial charge in [0, 0.05) is 37.9 Å². The lowest BCUT2D eigenvalue weighted by molar-refractivity contribution is -0.207. The number of nitriles is 1. The molecule has 27 heavy (non-hydrogen) atoms. The highest BCUT2D eigenvalue weighted by Crippen LogP contribution is 2.38. The molecule has 0 saturated carbocycles. The van der Waals surface area contributed by atoms with E-state index in [9.17, 15) is 28.0 Å². The molecule has 1 saturated heterocycles. The van der Waals surface area contributed by atoms with E-state index in [0.717, 1.165) is 0 Å². The van der Waals surface area contributed by atoms with Crippen LogP contribution in [0.5, 0.6) is 0 Å². The number of primary amides is 1. The third-order valence-electron chi connectivity index (χ3n) is 4.68. The van der Waals surface area contributed by atoms with Crippen molar-refractivity contribution in [1.82, 2.24) is 9.88 Å². The quantitative estimate of drug-likeness (QED) is 0.750. The van der Waals surface area contributed by atoms with E-state index in [1.165, 1.54) is 0 Å². The molecule has 0 spiro atoms. The fourth-order valence-corrected chi connectivity index (χ4v) is 3.60. The number of aromatic nitrogens is 1. The van der Waals surface area contributed by atoms with Crippen molar-refractivity contribution in [3.8, 4) is 6.07 Å². The average molecular weight is 386 g/mol. The Bertz CT molecular complexity index is 806. The number of fused-ring (bicyclic) bond motifs is 1. The van der Waals surface area contributed by atoms with Gasteiger partial charge in [-0.15, -0.1) is 0 Å². The van der Waals surface area contributed by atoms with Gasteiger partial charge in [0.05, 0.1) is 16.8 Å². The van der Waals surface area contributed by atoms with Crippen LogP contribution in [0.3, 0.4) is 0 Å². The van der Waals surface area contributed by atoms with Gasteiger partial charge in [0.1, 0.15) is 6.07 Å². The second kappa shape index (κ2) is 7.21. The van der Waals surface area contributed by atoms with E-state index in [1.54, 1.807) is 4.57 Å². The molecule has 3 rings (SSSR count). The standard InChI is InChI=1S/C16H17F3N4O4/c17-16(18,19)15(25)27-14-12-10(13(21)24)9(7-20)11(23(12)4-3-22-14)8-1-5-26-6-2-8/h8,14,22H,1-6H2,(H2,21,24). The van der Waals surface area contributed by atoms with Gasteiger partial charge in [-0.05, 0) is 12.8 Å². The summed E-state index contributed by atoms with van der Waals surface area (Å²) in [5, 5.41) is 12.3. The van der Waals surface area contributed by atoms with Crippen LogP contribution in [0.25, 0.3) is 0 Å². The minimum Gasteiger partial charge on any atom is -0.434 e. The van der Waals surface area contributed by atoms with Crippen molar-refractivity contribution in [1.29, 1.82) is 5.26 Å². The third-order valence-corrected chi connectivity index (χ3v) is 4.68. The van der Waals surface area contributed by atoms with Crippen molar-refractivity contribution in [3.05, 3.63) is 22.5 Å². The second-order valence-electron chi connectivity index (χ2n) is 6.27. The first-order valence-corrected chi connectivity index (χ1v) is 8.30. The van der Waals surface area contributed by atoms with Gasteiger partial charge in [-0.25, -0.2) is 4.79 Å². The summed E-state index contributed by atoms with van der Waals surface area (Å²) in [6.07, 6.45) is -5.53. The Morgan fingerprint density at radius 3 is 2.52 bits per heavy atom. The summed E-state index contributed by atoms with van der Waals surface area (Å²) in [6.45, 7) is 1.42. The first kappa shape index (κ1) is 19.2. The minimum atomic E-state index is -5.19. The highest BCUT2D eigenvalue weighted by atomic mass is 19.4.